The van der Waals surface area contributed by atoms with Crippen molar-refractivity contribution in [1.82, 2.24) is 4.68 Å². The minimum absolute atomic E-state index is 0.102. The third kappa shape index (κ3) is 3.98. The molecule has 3 nitrogen and oxygen atoms in total. The van der Waals surface area contributed by atoms with E-state index >= 15 is 0 Å². The summed E-state index contributed by atoms with van der Waals surface area (Å²) < 4.78 is 1.82. The maximum Gasteiger partial charge on any atom is 0.238 e. The van der Waals surface area contributed by atoms with E-state index in [0.29, 0.717) is 6.42 Å². The summed E-state index contributed by atoms with van der Waals surface area (Å²) in [5, 5.41) is 1.96. The molecule has 1 aliphatic rings. The fourth-order valence-corrected chi connectivity index (χ4v) is 5.62. The average Bonchev–Trinajstić information content (AvgIpc) is 3.14. The molecular weight excluding hydrogens is 300 g/mol. The molecule has 21 heavy (non-hydrogen) atoms. The normalized spacial score (nSPS) is 18.2. The second-order valence-electron chi connectivity index (χ2n) is 5.35. The van der Waals surface area contributed by atoms with E-state index in [1.54, 1.807) is 0 Å². The van der Waals surface area contributed by atoms with Crippen molar-refractivity contribution in [2.24, 2.45) is 0 Å². The van der Waals surface area contributed by atoms with Crippen LogP contribution in [0.4, 0.5) is 0 Å². The molecular formula is C16H20N2OS2. The molecule has 1 aromatic carbocycles. The van der Waals surface area contributed by atoms with Crippen LogP contribution in [-0.2, 0) is 4.79 Å². The summed E-state index contributed by atoms with van der Waals surface area (Å²) in [6, 6.07) is 10.1. The van der Waals surface area contributed by atoms with Crippen molar-refractivity contribution in [3.05, 3.63) is 36.5 Å². The van der Waals surface area contributed by atoms with Crippen molar-refractivity contribution in [3.8, 4) is 0 Å². The molecule has 1 fully saturated rings. The first-order valence-corrected chi connectivity index (χ1v) is 9.85. The fraction of sp³-hybridized carbons (Fsp3) is 0.438. The Hall–Kier alpha value is -1.07. The number of benzene rings is 1. The molecule has 1 saturated heterocycles. The van der Waals surface area contributed by atoms with Crippen LogP contribution in [-0.4, -0.2) is 21.6 Å². The predicted octanol–water partition coefficient (Wildman–Crippen LogP) is 4.43. The molecule has 112 valence electrons. The first kappa shape index (κ1) is 14.9. The summed E-state index contributed by atoms with van der Waals surface area (Å²) >= 11 is 0. The van der Waals surface area contributed by atoms with E-state index in [2.05, 4.69) is 11.5 Å². The van der Waals surface area contributed by atoms with Crippen molar-refractivity contribution in [2.75, 3.05) is 11.2 Å². The molecule has 0 radical (unpaired) electrons. The summed E-state index contributed by atoms with van der Waals surface area (Å²) in [6.07, 6.45) is 7.23. The van der Waals surface area contributed by atoms with Gasteiger partial charge in [0.1, 0.15) is 0 Å². The summed E-state index contributed by atoms with van der Waals surface area (Å²) in [5.74, 6) is 1.39. The van der Waals surface area contributed by atoms with Crippen molar-refractivity contribution in [3.63, 3.8) is 0 Å². The second kappa shape index (κ2) is 7.27. The van der Waals surface area contributed by atoms with Gasteiger partial charge >= 0.3 is 0 Å². The van der Waals surface area contributed by atoms with Gasteiger partial charge in [0.05, 0.1) is 5.52 Å². The number of aromatic nitrogens is 1. The number of hydrogen-bond donors (Lipinski definition) is 1. The van der Waals surface area contributed by atoms with Gasteiger partial charge in [0, 0.05) is 29.0 Å². The lowest BCUT2D eigenvalue weighted by Crippen LogP contribution is -2.21. The average molecular weight is 320 g/mol. The smallest absolute Gasteiger partial charge is 0.238 e. The summed E-state index contributed by atoms with van der Waals surface area (Å²) in [6.45, 7) is 0. The fourth-order valence-electron chi connectivity index (χ4n) is 2.59. The van der Waals surface area contributed by atoms with Crippen LogP contribution in [0.25, 0.3) is 10.9 Å². The molecule has 0 aliphatic carbocycles. The zero-order chi connectivity index (χ0) is 14.5. The van der Waals surface area contributed by atoms with Gasteiger partial charge in [0.2, 0.25) is 5.91 Å². The predicted molar refractivity (Wildman–Crippen MR) is 93.2 cm³/mol. The Morgan fingerprint density at radius 2 is 2.19 bits per heavy atom. The van der Waals surface area contributed by atoms with Crippen molar-refractivity contribution >= 4 is 38.4 Å². The van der Waals surface area contributed by atoms with Gasteiger partial charge in [-0.1, -0.05) is 46.2 Å². The van der Waals surface area contributed by atoms with Crippen LogP contribution in [0.3, 0.4) is 0 Å². The third-order valence-electron chi connectivity index (χ3n) is 3.75. The number of para-hydroxylation sites is 1. The highest BCUT2D eigenvalue weighted by atomic mass is 33.1. The van der Waals surface area contributed by atoms with Gasteiger partial charge in [-0.25, -0.2) is 0 Å². The van der Waals surface area contributed by atoms with Crippen LogP contribution in [0, 0.1) is 0 Å². The van der Waals surface area contributed by atoms with Crippen LogP contribution < -0.4 is 5.43 Å². The van der Waals surface area contributed by atoms with E-state index in [1.807, 2.05) is 56.7 Å². The standard InChI is InChI=1S/C16H20N2OS2/c19-16(8-4-2-6-14-10-12-20-21-14)17-18-11-9-13-5-1-3-7-15(13)18/h1,3,5,7,9,11,14H,2,4,6,8,10,12H2,(H,17,19). The number of hydrogen-bond acceptors (Lipinski definition) is 3. The van der Waals surface area contributed by atoms with Gasteiger partial charge in [-0.05, 0) is 31.4 Å². The number of fused-ring (bicyclic) bond motifs is 1. The highest BCUT2D eigenvalue weighted by molar-refractivity contribution is 8.77. The molecule has 0 spiro atoms. The molecule has 3 rings (SSSR count). The molecule has 2 aromatic rings. The number of nitrogens with one attached hydrogen (secondary N) is 1. The Morgan fingerprint density at radius 1 is 1.29 bits per heavy atom. The molecule has 0 saturated carbocycles. The molecule has 0 bridgehead atoms. The zero-order valence-electron chi connectivity index (χ0n) is 12.0. The van der Waals surface area contributed by atoms with Gasteiger partial charge in [-0.2, -0.15) is 0 Å². The summed E-state index contributed by atoms with van der Waals surface area (Å²) in [7, 11) is 4.00. The maximum absolute atomic E-state index is 12.0. The van der Waals surface area contributed by atoms with Crippen LogP contribution >= 0.6 is 21.6 Å². The first-order valence-electron chi connectivity index (χ1n) is 7.47. The Labute approximate surface area is 133 Å². The SMILES string of the molecule is O=C(CCCCC1CCSS1)Nn1ccc2ccccc21. The topological polar surface area (TPSA) is 34.0 Å². The first-order chi connectivity index (χ1) is 10.3. The number of carbonyl (C=O) groups excluding carboxylic acids is 1. The Balaban J connectivity index is 1.43. The van der Waals surface area contributed by atoms with Gasteiger partial charge in [0.25, 0.3) is 0 Å². The number of nitrogens with zero attached hydrogens (tertiary/aromatic N) is 1. The van der Waals surface area contributed by atoms with E-state index in [0.717, 1.165) is 29.0 Å². The molecule has 1 aromatic heterocycles. The van der Waals surface area contributed by atoms with Gasteiger partial charge in [-0.3, -0.25) is 14.9 Å². The monoisotopic (exact) mass is 320 g/mol. The molecule has 1 aliphatic heterocycles. The van der Waals surface area contributed by atoms with Crippen LogP contribution in [0.2, 0.25) is 0 Å². The van der Waals surface area contributed by atoms with Crippen molar-refractivity contribution in [1.29, 1.82) is 0 Å². The lowest BCUT2D eigenvalue weighted by atomic mass is 10.1. The van der Waals surface area contributed by atoms with Gasteiger partial charge in [0.15, 0.2) is 0 Å². The summed E-state index contributed by atoms with van der Waals surface area (Å²) in [5.41, 5.74) is 4.01. The van der Waals surface area contributed by atoms with Crippen LogP contribution in [0.15, 0.2) is 36.5 Å². The molecule has 1 unspecified atom stereocenters. The Bertz CT molecular complexity index is 605. The van der Waals surface area contributed by atoms with Crippen molar-refractivity contribution < 1.29 is 4.79 Å². The molecule has 5 heteroatoms. The maximum atomic E-state index is 12.0. The van der Waals surface area contributed by atoms with Gasteiger partial charge in [-0.15, -0.1) is 0 Å². The Kier molecular flexibility index (Phi) is 5.14. The molecule has 1 amide bonds. The second-order valence-corrected chi connectivity index (χ2v) is 8.14. The van der Waals surface area contributed by atoms with E-state index in [9.17, 15) is 4.79 Å². The summed E-state index contributed by atoms with van der Waals surface area (Å²) in [4.78, 5) is 12.0. The minimum atomic E-state index is 0.102. The lowest BCUT2D eigenvalue weighted by Gasteiger charge is -2.09. The van der Waals surface area contributed by atoms with E-state index < -0.39 is 0 Å². The largest absolute Gasteiger partial charge is 0.273 e. The van der Waals surface area contributed by atoms with E-state index in [-0.39, 0.29) is 5.91 Å². The van der Waals surface area contributed by atoms with Crippen LogP contribution in [0.5, 0.6) is 0 Å². The number of unbranched alkanes of at least 4 members (excludes halogenated alkanes) is 1. The number of amides is 1. The Morgan fingerprint density at radius 3 is 3.05 bits per heavy atom. The zero-order valence-corrected chi connectivity index (χ0v) is 13.6. The molecule has 1 N–H and O–H groups in total. The van der Waals surface area contributed by atoms with Crippen LogP contribution in [0.1, 0.15) is 32.1 Å². The minimum Gasteiger partial charge on any atom is -0.273 e. The highest BCUT2D eigenvalue weighted by Crippen LogP contribution is 2.39. The van der Waals surface area contributed by atoms with E-state index in [4.69, 9.17) is 0 Å². The van der Waals surface area contributed by atoms with E-state index in [1.165, 1.54) is 18.6 Å². The molecule has 2 heterocycles. The van der Waals surface area contributed by atoms with Gasteiger partial charge < -0.3 is 0 Å². The highest BCUT2D eigenvalue weighted by Gasteiger charge is 2.15. The third-order valence-corrected chi connectivity index (χ3v) is 6.76. The molecule has 1 atom stereocenters. The number of rotatable bonds is 6. The number of carbonyl (C=O) groups is 1. The lowest BCUT2D eigenvalue weighted by molar-refractivity contribution is -0.117. The van der Waals surface area contributed by atoms with Crippen molar-refractivity contribution in [2.45, 2.75) is 37.4 Å². The quantitative estimate of drug-likeness (QED) is 0.632.